The Hall–Kier alpha value is -2.41. The molecule has 7 heteroatoms. The predicted octanol–water partition coefficient (Wildman–Crippen LogP) is 2.14. The molecule has 0 spiro atoms. The lowest BCUT2D eigenvalue weighted by molar-refractivity contribution is 0.415. The molecule has 6 nitrogen and oxygen atoms in total. The van der Waals surface area contributed by atoms with Crippen LogP contribution in [0.2, 0.25) is 0 Å². The van der Waals surface area contributed by atoms with Crippen LogP contribution in [0.4, 0.5) is 17.1 Å². The quantitative estimate of drug-likeness (QED) is 0.824. The standard InChI is InChI=1S/C15H19N3O3S/c1-18(2)13-8-12(9-14(10-13)21-3)17-22(19,20)15-6-4-11(16)5-7-15/h4-10,17H,16H2,1-3H3. The van der Waals surface area contributed by atoms with Gasteiger partial charge in [-0.3, -0.25) is 4.72 Å². The number of methoxy groups -OCH3 is 1. The van der Waals surface area contributed by atoms with Crippen molar-refractivity contribution < 1.29 is 13.2 Å². The van der Waals surface area contributed by atoms with Crippen LogP contribution in [0, 0.1) is 0 Å². The molecule has 2 aromatic carbocycles. The first-order chi connectivity index (χ1) is 10.3. The topological polar surface area (TPSA) is 84.7 Å². The van der Waals surface area contributed by atoms with Crippen molar-refractivity contribution in [3.63, 3.8) is 0 Å². The molecule has 0 aliphatic rings. The van der Waals surface area contributed by atoms with Gasteiger partial charge in [-0.2, -0.15) is 0 Å². The molecule has 0 aliphatic heterocycles. The highest BCUT2D eigenvalue weighted by molar-refractivity contribution is 7.92. The van der Waals surface area contributed by atoms with Crippen molar-refractivity contribution in [2.24, 2.45) is 0 Å². The van der Waals surface area contributed by atoms with E-state index in [1.165, 1.54) is 19.2 Å². The molecular formula is C15H19N3O3S. The average Bonchev–Trinajstić information content (AvgIpc) is 2.46. The van der Waals surface area contributed by atoms with E-state index >= 15 is 0 Å². The number of rotatable bonds is 5. The first-order valence-electron chi connectivity index (χ1n) is 6.56. The predicted molar refractivity (Wildman–Crippen MR) is 89.0 cm³/mol. The van der Waals surface area contributed by atoms with E-state index in [-0.39, 0.29) is 4.90 Å². The molecule has 3 N–H and O–H groups in total. The number of nitrogen functional groups attached to an aromatic ring is 1. The van der Waals surface area contributed by atoms with Gasteiger partial charge in [0, 0.05) is 37.6 Å². The van der Waals surface area contributed by atoms with Gasteiger partial charge in [-0.1, -0.05) is 0 Å². The van der Waals surface area contributed by atoms with E-state index in [0.717, 1.165) is 5.69 Å². The van der Waals surface area contributed by atoms with E-state index in [1.807, 2.05) is 25.1 Å². The van der Waals surface area contributed by atoms with Crippen LogP contribution in [0.1, 0.15) is 0 Å². The largest absolute Gasteiger partial charge is 0.497 e. The summed E-state index contributed by atoms with van der Waals surface area (Å²) in [5, 5.41) is 0. The van der Waals surface area contributed by atoms with E-state index in [1.54, 1.807) is 24.3 Å². The fourth-order valence-corrected chi connectivity index (χ4v) is 2.92. The molecule has 0 unspecified atom stereocenters. The van der Waals surface area contributed by atoms with Crippen molar-refractivity contribution in [3.8, 4) is 5.75 Å². The minimum Gasteiger partial charge on any atom is -0.497 e. The summed E-state index contributed by atoms with van der Waals surface area (Å²) in [6, 6.07) is 11.2. The maximum atomic E-state index is 12.4. The summed E-state index contributed by atoms with van der Waals surface area (Å²) in [5.41, 5.74) is 7.34. The molecule has 0 fully saturated rings. The van der Waals surface area contributed by atoms with Crippen molar-refractivity contribution in [2.75, 3.05) is 36.6 Å². The summed E-state index contributed by atoms with van der Waals surface area (Å²) in [7, 11) is 1.59. The summed E-state index contributed by atoms with van der Waals surface area (Å²) in [6.45, 7) is 0. The summed E-state index contributed by atoms with van der Waals surface area (Å²) < 4.78 is 32.5. The van der Waals surface area contributed by atoms with Gasteiger partial charge in [0.05, 0.1) is 17.7 Å². The molecule has 118 valence electrons. The summed E-state index contributed by atoms with van der Waals surface area (Å²) in [4.78, 5) is 2.01. The van der Waals surface area contributed by atoms with Crippen LogP contribution < -0.4 is 20.1 Å². The second kappa shape index (κ2) is 6.15. The van der Waals surface area contributed by atoms with Crippen LogP contribution in [0.25, 0.3) is 0 Å². The van der Waals surface area contributed by atoms with Gasteiger partial charge < -0.3 is 15.4 Å². The minimum atomic E-state index is -3.68. The first kappa shape index (κ1) is 16.0. The fourth-order valence-electron chi connectivity index (χ4n) is 1.88. The first-order valence-corrected chi connectivity index (χ1v) is 8.05. The molecule has 0 aromatic heterocycles. The van der Waals surface area contributed by atoms with Crippen LogP contribution >= 0.6 is 0 Å². The van der Waals surface area contributed by atoms with E-state index in [2.05, 4.69) is 4.72 Å². The molecule has 0 amide bonds. The maximum absolute atomic E-state index is 12.4. The Labute approximate surface area is 130 Å². The summed E-state index contributed by atoms with van der Waals surface area (Å²) in [5.74, 6) is 0.571. The van der Waals surface area contributed by atoms with Crippen molar-refractivity contribution in [1.29, 1.82) is 0 Å². The normalized spacial score (nSPS) is 11.0. The smallest absolute Gasteiger partial charge is 0.261 e. The summed E-state index contributed by atoms with van der Waals surface area (Å²) in [6.07, 6.45) is 0. The number of sulfonamides is 1. The van der Waals surface area contributed by atoms with E-state index in [4.69, 9.17) is 10.5 Å². The fraction of sp³-hybridized carbons (Fsp3) is 0.200. The van der Waals surface area contributed by atoms with Crippen molar-refractivity contribution in [2.45, 2.75) is 4.90 Å². The third-order valence-corrected chi connectivity index (χ3v) is 4.48. The third-order valence-electron chi connectivity index (χ3n) is 3.09. The number of hydrogen-bond donors (Lipinski definition) is 2. The molecule has 0 radical (unpaired) electrons. The zero-order chi connectivity index (χ0) is 16.3. The van der Waals surface area contributed by atoms with E-state index in [9.17, 15) is 8.42 Å². The molecule has 0 bridgehead atoms. The maximum Gasteiger partial charge on any atom is 0.261 e. The second-order valence-corrected chi connectivity index (χ2v) is 6.67. The zero-order valence-electron chi connectivity index (χ0n) is 12.7. The minimum absolute atomic E-state index is 0.149. The number of anilines is 3. The Balaban J connectivity index is 2.36. The van der Waals surface area contributed by atoms with Gasteiger partial charge in [-0.05, 0) is 30.3 Å². The van der Waals surface area contributed by atoms with Crippen LogP contribution in [0.3, 0.4) is 0 Å². The van der Waals surface area contributed by atoms with Crippen molar-refractivity contribution in [1.82, 2.24) is 0 Å². The Morgan fingerprint density at radius 2 is 1.73 bits per heavy atom. The molecule has 0 saturated heterocycles. The zero-order valence-corrected chi connectivity index (χ0v) is 13.5. The van der Waals surface area contributed by atoms with Gasteiger partial charge in [0.2, 0.25) is 0 Å². The number of nitrogens with zero attached hydrogens (tertiary/aromatic N) is 1. The lowest BCUT2D eigenvalue weighted by Crippen LogP contribution is -2.14. The SMILES string of the molecule is COc1cc(NS(=O)(=O)c2ccc(N)cc2)cc(N(C)C)c1. The van der Waals surface area contributed by atoms with Crippen LogP contribution in [0.15, 0.2) is 47.4 Å². The Kier molecular flexibility index (Phi) is 4.46. The molecule has 2 rings (SSSR count). The van der Waals surface area contributed by atoms with Gasteiger partial charge in [-0.25, -0.2) is 8.42 Å². The van der Waals surface area contributed by atoms with Crippen molar-refractivity contribution in [3.05, 3.63) is 42.5 Å². The van der Waals surface area contributed by atoms with Gasteiger partial charge >= 0.3 is 0 Å². The molecule has 0 saturated carbocycles. The number of hydrogen-bond acceptors (Lipinski definition) is 5. The number of nitrogens with two attached hydrogens (primary N) is 1. The van der Waals surface area contributed by atoms with Gasteiger partial charge in [-0.15, -0.1) is 0 Å². The Morgan fingerprint density at radius 1 is 1.09 bits per heavy atom. The lowest BCUT2D eigenvalue weighted by Gasteiger charge is -2.16. The van der Waals surface area contributed by atoms with Gasteiger partial charge in [0.15, 0.2) is 0 Å². The number of nitrogens with one attached hydrogen (secondary N) is 1. The van der Waals surface area contributed by atoms with E-state index in [0.29, 0.717) is 17.1 Å². The van der Waals surface area contributed by atoms with Crippen LogP contribution in [-0.4, -0.2) is 29.6 Å². The van der Waals surface area contributed by atoms with Crippen LogP contribution in [0.5, 0.6) is 5.75 Å². The van der Waals surface area contributed by atoms with Crippen LogP contribution in [-0.2, 0) is 10.0 Å². The Bertz CT molecular complexity index is 756. The summed E-state index contributed by atoms with van der Waals surface area (Å²) >= 11 is 0. The highest BCUT2D eigenvalue weighted by Crippen LogP contribution is 2.27. The second-order valence-electron chi connectivity index (χ2n) is 4.99. The third kappa shape index (κ3) is 3.62. The van der Waals surface area contributed by atoms with Gasteiger partial charge in [0.25, 0.3) is 10.0 Å². The molecule has 0 atom stereocenters. The molecule has 22 heavy (non-hydrogen) atoms. The Morgan fingerprint density at radius 3 is 2.27 bits per heavy atom. The molecule has 2 aromatic rings. The van der Waals surface area contributed by atoms with Gasteiger partial charge in [0.1, 0.15) is 5.75 Å². The number of ether oxygens (including phenoxy) is 1. The molecule has 0 heterocycles. The molecule has 0 aliphatic carbocycles. The molecular weight excluding hydrogens is 302 g/mol. The van der Waals surface area contributed by atoms with Crippen molar-refractivity contribution >= 4 is 27.1 Å². The lowest BCUT2D eigenvalue weighted by atomic mass is 10.2. The highest BCUT2D eigenvalue weighted by Gasteiger charge is 2.15. The average molecular weight is 321 g/mol. The number of benzene rings is 2. The van der Waals surface area contributed by atoms with E-state index < -0.39 is 10.0 Å². The highest BCUT2D eigenvalue weighted by atomic mass is 32.2. The monoisotopic (exact) mass is 321 g/mol.